The summed E-state index contributed by atoms with van der Waals surface area (Å²) in [6.07, 6.45) is 4.51. The molecule has 7 nitrogen and oxygen atoms in total. The highest BCUT2D eigenvalue weighted by molar-refractivity contribution is 6.12. The SMILES string of the molecule is COC1CCC2(CC1)Cc1ccc(C#CCC(C)C)cc1C21N=C(NC(=O)OC(C)(C)C)N(C)C1=O. The number of likely N-dealkylation sites (N-methyl/N-ethyl adjacent to an activating group) is 1. The Morgan fingerprint density at radius 3 is 2.58 bits per heavy atom. The van der Waals surface area contributed by atoms with E-state index >= 15 is 0 Å². The molecule has 1 fully saturated rings. The van der Waals surface area contributed by atoms with Gasteiger partial charge in [-0.05, 0) is 82.1 Å². The maximum absolute atomic E-state index is 14.2. The number of fused-ring (bicyclic) bond motifs is 3. The minimum absolute atomic E-state index is 0.115. The van der Waals surface area contributed by atoms with E-state index in [0.717, 1.165) is 55.2 Å². The second kappa shape index (κ2) is 9.55. The molecule has 2 aliphatic carbocycles. The van der Waals surface area contributed by atoms with E-state index in [1.807, 2.05) is 12.1 Å². The number of amides is 2. The Balaban J connectivity index is 1.79. The number of guanidine groups is 1. The Hall–Kier alpha value is -2.85. The zero-order valence-electron chi connectivity index (χ0n) is 22.7. The summed E-state index contributed by atoms with van der Waals surface area (Å²) in [5.41, 5.74) is 0.784. The molecule has 0 radical (unpaired) electrons. The standard InChI is InChI=1S/C29H39N3O4/c1-19(2)9-8-10-20-11-12-21-18-28(15-13-22(35-7)14-16-28)29(23(21)17-20)24(33)32(6)25(31-29)30-26(34)36-27(3,4)5/h11-12,17,19,22H,9,13-16,18H2,1-7H3,(H,30,31,34). The summed E-state index contributed by atoms with van der Waals surface area (Å²) in [5, 5.41) is 2.74. The molecule has 1 atom stereocenters. The number of nitrogens with zero attached hydrogens (tertiary/aromatic N) is 2. The first-order chi connectivity index (χ1) is 16.9. The highest BCUT2D eigenvalue weighted by atomic mass is 16.6. The van der Waals surface area contributed by atoms with Gasteiger partial charge in [0.1, 0.15) is 5.60 Å². The molecular formula is C29H39N3O4. The molecule has 1 aliphatic heterocycles. The summed E-state index contributed by atoms with van der Waals surface area (Å²) in [5.74, 6) is 7.15. The maximum atomic E-state index is 14.2. The number of aliphatic imine (C=N–C) groups is 1. The number of ether oxygens (including phenoxy) is 2. The van der Waals surface area contributed by atoms with Crippen molar-refractivity contribution < 1.29 is 19.1 Å². The van der Waals surface area contributed by atoms with Crippen LogP contribution >= 0.6 is 0 Å². The molecule has 7 heteroatoms. The lowest BCUT2D eigenvalue weighted by Crippen LogP contribution is -2.51. The molecule has 4 rings (SSSR count). The lowest BCUT2D eigenvalue weighted by molar-refractivity contribution is -0.137. The van der Waals surface area contributed by atoms with Gasteiger partial charge in [-0.3, -0.25) is 15.0 Å². The predicted octanol–water partition coefficient (Wildman–Crippen LogP) is 4.76. The van der Waals surface area contributed by atoms with Crippen LogP contribution in [0.15, 0.2) is 23.2 Å². The van der Waals surface area contributed by atoms with Crippen LogP contribution in [0.5, 0.6) is 0 Å². The van der Waals surface area contributed by atoms with Crippen molar-refractivity contribution in [3.63, 3.8) is 0 Å². The van der Waals surface area contributed by atoms with Gasteiger partial charge in [0.2, 0.25) is 5.96 Å². The Labute approximate surface area is 215 Å². The molecule has 1 aromatic carbocycles. The average molecular weight is 494 g/mol. The number of benzene rings is 1. The van der Waals surface area contributed by atoms with Crippen LogP contribution < -0.4 is 5.32 Å². The third kappa shape index (κ3) is 4.64. The fraction of sp³-hybridized carbons (Fsp3) is 0.621. The van der Waals surface area contributed by atoms with Gasteiger partial charge in [0.05, 0.1) is 6.10 Å². The number of nitrogens with one attached hydrogen (secondary N) is 1. The summed E-state index contributed by atoms with van der Waals surface area (Å²) in [6, 6.07) is 6.20. The largest absolute Gasteiger partial charge is 0.444 e. The highest BCUT2D eigenvalue weighted by Crippen LogP contribution is 2.61. The zero-order valence-corrected chi connectivity index (χ0v) is 22.7. The van der Waals surface area contributed by atoms with Gasteiger partial charge in [0, 0.05) is 31.6 Å². The van der Waals surface area contributed by atoms with Crippen molar-refractivity contribution in [2.75, 3.05) is 14.2 Å². The van der Waals surface area contributed by atoms with Crippen LogP contribution in [0.2, 0.25) is 0 Å². The van der Waals surface area contributed by atoms with Crippen LogP contribution in [-0.4, -0.2) is 48.7 Å². The van der Waals surface area contributed by atoms with E-state index < -0.39 is 17.2 Å². The van der Waals surface area contributed by atoms with E-state index in [1.54, 1.807) is 34.9 Å². The van der Waals surface area contributed by atoms with E-state index in [4.69, 9.17) is 14.5 Å². The van der Waals surface area contributed by atoms with Crippen molar-refractivity contribution in [2.45, 2.75) is 90.4 Å². The molecular weight excluding hydrogens is 454 g/mol. The van der Waals surface area contributed by atoms with E-state index in [2.05, 4.69) is 37.1 Å². The molecule has 0 aromatic heterocycles. The Bertz CT molecular complexity index is 1130. The summed E-state index contributed by atoms with van der Waals surface area (Å²) in [4.78, 5) is 33.3. The first-order valence-electron chi connectivity index (χ1n) is 12.9. The molecule has 2 spiro atoms. The molecule has 3 aliphatic rings. The summed E-state index contributed by atoms with van der Waals surface area (Å²) in [7, 11) is 3.42. The Kier molecular flexibility index (Phi) is 6.96. The summed E-state index contributed by atoms with van der Waals surface area (Å²) in [6.45, 7) is 9.70. The normalized spacial score (nSPS) is 27.2. The molecule has 2 amide bonds. The zero-order chi connectivity index (χ0) is 26.3. The van der Waals surface area contributed by atoms with Gasteiger partial charge in [-0.1, -0.05) is 31.8 Å². The van der Waals surface area contributed by atoms with Gasteiger partial charge in [-0.25, -0.2) is 9.79 Å². The second-order valence-electron chi connectivity index (χ2n) is 11.8. The lowest BCUT2D eigenvalue weighted by Gasteiger charge is -2.45. The third-order valence-corrected chi connectivity index (χ3v) is 7.58. The van der Waals surface area contributed by atoms with Gasteiger partial charge in [0.25, 0.3) is 5.91 Å². The Morgan fingerprint density at radius 2 is 1.97 bits per heavy atom. The molecule has 36 heavy (non-hydrogen) atoms. The number of methoxy groups -OCH3 is 1. The minimum Gasteiger partial charge on any atom is -0.444 e. The van der Waals surface area contributed by atoms with E-state index in [1.165, 1.54) is 4.90 Å². The molecule has 1 unspecified atom stereocenters. The molecule has 0 bridgehead atoms. The second-order valence-corrected chi connectivity index (χ2v) is 11.8. The molecule has 1 saturated carbocycles. The third-order valence-electron chi connectivity index (χ3n) is 7.58. The minimum atomic E-state index is -1.10. The summed E-state index contributed by atoms with van der Waals surface area (Å²) < 4.78 is 11.1. The first kappa shape index (κ1) is 26.2. The van der Waals surface area contributed by atoms with Crippen LogP contribution in [0.3, 0.4) is 0 Å². The van der Waals surface area contributed by atoms with Crippen LogP contribution in [0.4, 0.5) is 4.79 Å². The van der Waals surface area contributed by atoms with Gasteiger partial charge < -0.3 is 9.47 Å². The number of rotatable bonds is 2. The van der Waals surface area contributed by atoms with E-state index in [9.17, 15) is 9.59 Å². The molecule has 1 heterocycles. The predicted molar refractivity (Wildman–Crippen MR) is 139 cm³/mol. The van der Waals surface area contributed by atoms with Crippen LogP contribution in [0, 0.1) is 23.2 Å². The number of carbonyl (C=O) groups excluding carboxylic acids is 2. The topological polar surface area (TPSA) is 80.2 Å². The molecule has 194 valence electrons. The quantitative estimate of drug-likeness (QED) is 0.602. The number of carbonyl (C=O) groups is 2. The van der Waals surface area contributed by atoms with Crippen molar-refractivity contribution in [1.82, 2.24) is 10.2 Å². The van der Waals surface area contributed by atoms with Crippen LogP contribution in [0.25, 0.3) is 0 Å². The van der Waals surface area contributed by atoms with E-state index in [-0.39, 0.29) is 23.4 Å². The first-order valence-corrected chi connectivity index (χ1v) is 12.9. The fourth-order valence-corrected chi connectivity index (χ4v) is 5.85. The number of alkyl carbamates (subject to hydrolysis) is 1. The van der Waals surface area contributed by atoms with Gasteiger partial charge >= 0.3 is 6.09 Å². The number of hydrogen-bond donors (Lipinski definition) is 1. The van der Waals surface area contributed by atoms with Crippen molar-refractivity contribution in [3.05, 3.63) is 34.9 Å². The monoisotopic (exact) mass is 493 g/mol. The lowest BCUT2D eigenvalue weighted by atomic mass is 9.61. The van der Waals surface area contributed by atoms with Gasteiger partial charge in [0.15, 0.2) is 5.54 Å². The average Bonchev–Trinajstić information content (AvgIpc) is 3.20. The van der Waals surface area contributed by atoms with Crippen molar-refractivity contribution in [3.8, 4) is 11.8 Å². The van der Waals surface area contributed by atoms with Gasteiger partial charge in [-0.2, -0.15) is 0 Å². The number of hydrogen-bond acceptors (Lipinski definition) is 5. The molecule has 1 aromatic rings. The van der Waals surface area contributed by atoms with Crippen molar-refractivity contribution in [1.29, 1.82) is 0 Å². The Morgan fingerprint density at radius 1 is 1.28 bits per heavy atom. The van der Waals surface area contributed by atoms with Crippen LogP contribution in [0.1, 0.15) is 83.4 Å². The van der Waals surface area contributed by atoms with Gasteiger partial charge in [-0.15, -0.1) is 0 Å². The molecule has 1 N–H and O–H groups in total. The maximum Gasteiger partial charge on any atom is 0.414 e. The fourth-order valence-electron chi connectivity index (χ4n) is 5.85. The highest BCUT2D eigenvalue weighted by Gasteiger charge is 2.66. The van der Waals surface area contributed by atoms with Crippen molar-refractivity contribution >= 4 is 18.0 Å². The van der Waals surface area contributed by atoms with Crippen LogP contribution in [-0.2, 0) is 26.2 Å². The van der Waals surface area contributed by atoms with E-state index in [0.29, 0.717) is 5.92 Å². The molecule has 0 saturated heterocycles. The smallest absolute Gasteiger partial charge is 0.414 e. The summed E-state index contributed by atoms with van der Waals surface area (Å²) >= 11 is 0. The van der Waals surface area contributed by atoms with Crippen molar-refractivity contribution in [2.24, 2.45) is 16.3 Å².